The van der Waals surface area contributed by atoms with Crippen LogP contribution in [0.5, 0.6) is 0 Å². The zero-order chi connectivity index (χ0) is 6.85. The minimum Gasteiger partial charge on any atom is -0.355 e. The van der Waals surface area contributed by atoms with Crippen molar-refractivity contribution in [3.8, 4) is 0 Å². The number of aromatic nitrogens is 1. The highest BCUT2D eigenvalue weighted by Gasteiger charge is 1.96. The molecule has 0 saturated carbocycles. The Morgan fingerprint density at radius 2 is 2.11 bits per heavy atom. The maximum Gasteiger partial charge on any atom is 0.196 e. The van der Waals surface area contributed by atoms with E-state index in [0.717, 1.165) is 0 Å². The molecule has 9 heavy (non-hydrogen) atoms. The van der Waals surface area contributed by atoms with Crippen LogP contribution in [0.4, 0.5) is 0 Å². The highest BCUT2D eigenvalue weighted by molar-refractivity contribution is 9.13. The molecule has 2 nitrogen and oxygen atoms in total. The van der Waals surface area contributed by atoms with Gasteiger partial charge in [0.25, 0.3) is 0 Å². The Morgan fingerprint density at radius 3 is 2.56 bits per heavy atom. The molecule has 0 bridgehead atoms. The predicted molar refractivity (Wildman–Crippen MR) is 42.5 cm³/mol. The van der Waals surface area contributed by atoms with Crippen molar-refractivity contribution in [1.82, 2.24) is 4.98 Å². The first-order valence-electron chi connectivity index (χ1n) is 2.24. The third-order valence-corrected chi connectivity index (χ3v) is 2.80. The fourth-order valence-corrected chi connectivity index (χ4v) is 1.01. The number of hydrogen-bond donors (Lipinski definition) is 1. The van der Waals surface area contributed by atoms with E-state index >= 15 is 0 Å². The van der Waals surface area contributed by atoms with Crippen molar-refractivity contribution in [2.45, 2.75) is 0 Å². The first-order chi connectivity index (χ1) is 4.22. The molecule has 1 heterocycles. The van der Waals surface area contributed by atoms with Crippen molar-refractivity contribution in [2.24, 2.45) is 0 Å². The lowest BCUT2D eigenvalue weighted by Gasteiger charge is -1.90. The van der Waals surface area contributed by atoms with E-state index in [-0.39, 0.29) is 5.43 Å². The van der Waals surface area contributed by atoms with Crippen molar-refractivity contribution in [2.75, 3.05) is 0 Å². The highest BCUT2D eigenvalue weighted by atomic mass is 79.9. The van der Waals surface area contributed by atoms with E-state index in [9.17, 15) is 4.79 Å². The molecule has 1 rings (SSSR count). The number of nitrogens with one attached hydrogen (secondary N) is 1. The molecule has 0 spiro atoms. The van der Waals surface area contributed by atoms with E-state index in [1.54, 1.807) is 6.20 Å². The second kappa shape index (κ2) is 2.66. The summed E-state index contributed by atoms with van der Waals surface area (Å²) in [6.45, 7) is 0. The van der Waals surface area contributed by atoms with Crippen LogP contribution in [-0.4, -0.2) is 4.98 Å². The average molecular weight is 253 g/mol. The van der Waals surface area contributed by atoms with E-state index in [2.05, 4.69) is 36.8 Å². The van der Waals surface area contributed by atoms with Gasteiger partial charge in [-0.2, -0.15) is 0 Å². The Bertz CT molecular complexity index is 268. The quantitative estimate of drug-likeness (QED) is 0.703. The number of aromatic amines is 1. The molecule has 1 N–H and O–H groups in total. The molecule has 0 unspecified atom stereocenters. The Hall–Kier alpha value is -0.0900. The second-order valence-electron chi connectivity index (χ2n) is 1.47. The lowest BCUT2D eigenvalue weighted by Crippen LogP contribution is -1.99. The molecule has 0 aromatic carbocycles. The van der Waals surface area contributed by atoms with Crippen LogP contribution in [0.3, 0.4) is 0 Å². The molecule has 48 valence electrons. The monoisotopic (exact) mass is 251 g/mol. The Morgan fingerprint density at radius 1 is 1.44 bits per heavy atom. The fraction of sp³-hybridized carbons (Fsp3) is 0. The number of H-pyrrole nitrogens is 1. The van der Waals surface area contributed by atoms with Gasteiger partial charge in [-0.25, -0.2) is 0 Å². The van der Waals surface area contributed by atoms with E-state index in [1.807, 2.05) is 0 Å². The molecule has 0 radical (unpaired) electrons. The number of rotatable bonds is 0. The van der Waals surface area contributed by atoms with Gasteiger partial charge in [-0.15, -0.1) is 0 Å². The van der Waals surface area contributed by atoms with Crippen molar-refractivity contribution < 1.29 is 0 Å². The summed E-state index contributed by atoms with van der Waals surface area (Å²) in [5, 5.41) is 0. The van der Waals surface area contributed by atoms with Gasteiger partial charge in [0.15, 0.2) is 5.43 Å². The number of pyridine rings is 1. The van der Waals surface area contributed by atoms with Gasteiger partial charge >= 0.3 is 0 Å². The van der Waals surface area contributed by atoms with E-state index in [1.165, 1.54) is 6.07 Å². The molecular weight excluding hydrogens is 250 g/mol. The smallest absolute Gasteiger partial charge is 0.196 e. The third kappa shape index (κ3) is 1.43. The van der Waals surface area contributed by atoms with Crippen LogP contribution >= 0.6 is 31.9 Å². The largest absolute Gasteiger partial charge is 0.355 e. The van der Waals surface area contributed by atoms with Crippen LogP contribution < -0.4 is 5.43 Å². The summed E-state index contributed by atoms with van der Waals surface area (Å²) >= 11 is 6.23. The van der Waals surface area contributed by atoms with Crippen LogP contribution in [-0.2, 0) is 0 Å². The van der Waals surface area contributed by atoms with Crippen molar-refractivity contribution in [1.29, 1.82) is 0 Å². The van der Waals surface area contributed by atoms with Crippen LogP contribution in [0, 0.1) is 0 Å². The highest BCUT2D eigenvalue weighted by Crippen LogP contribution is 2.13. The zero-order valence-electron chi connectivity index (χ0n) is 4.32. The first-order valence-corrected chi connectivity index (χ1v) is 3.83. The van der Waals surface area contributed by atoms with Gasteiger partial charge in [-0.1, -0.05) is 0 Å². The molecule has 1 aromatic heterocycles. The minimum atomic E-state index is -0.0272. The van der Waals surface area contributed by atoms with Gasteiger partial charge in [0, 0.05) is 12.3 Å². The molecule has 0 aliphatic heterocycles. The number of halogens is 2. The SMILES string of the molecule is O=c1cc[nH]c(Br)c1Br. The maximum absolute atomic E-state index is 10.7. The van der Waals surface area contributed by atoms with Crippen LogP contribution in [0.2, 0.25) is 0 Å². The van der Waals surface area contributed by atoms with Gasteiger partial charge in [-0.05, 0) is 31.9 Å². The topological polar surface area (TPSA) is 32.9 Å². The van der Waals surface area contributed by atoms with Gasteiger partial charge in [0.2, 0.25) is 0 Å². The Kier molecular flexibility index (Phi) is 2.08. The average Bonchev–Trinajstić information content (AvgIpc) is 1.83. The van der Waals surface area contributed by atoms with E-state index in [4.69, 9.17) is 0 Å². The molecule has 0 aliphatic carbocycles. The normalized spacial score (nSPS) is 9.56. The molecule has 0 fully saturated rings. The lowest BCUT2D eigenvalue weighted by atomic mass is 10.5. The molecular formula is C5H3Br2NO. The van der Waals surface area contributed by atoms with Gasteiger partial charge in [0.05, 0.1) is 4.47 Å². The molecule has 0 atom stereocenters. The minimum absolute atomic E-state index is 0.0272. The van der Waals surface area contributed by atoms with Crippen LogP contribution in [0.15, 0.2) is 26.1 Å². The van der Waals surface area contributed by atoms with Crippen molar-refractivity contribution in [3.05, 3.63) is 31.6 Å². The summed E-state index contributed by atoms with van der Waals surface area (Å²) in [5.41, 5.74) is -0.0272. The van der Waals surface area contributed by atoms with Crippen molar-refractivity contribution >= 4 is 31.9 Å². The van der Waals surface area contributed by atoms with Gasteiger partial charge < -0.3 is 4.98 Å². The van der Waals surface area contributed by atoms with Crippen LogP contribution in [0.1, 0.15) is 0 Å². The zero-order valence-corrected chi connectivity index (χ0v) is 7.49. The third-order valence-electron chi connectivity index (χ3n) is 0.854. The summed E-state index contributed by atoms with van der Waals surface area (Å²) in [7, 11) is 0. The summed E-state index contributed by atoms with van der Waals surface area (Å²) in [5.74, 6) is 0. The molecule has 0 aliphatic rings. The fourth-order valence-electron chi connectivity index (χ4n) is 0.435. The molecule has 1 aromatic rings. The summed E-state index contributed by atoms with van der Waals surface area (Å²) < 4.78 is 1.21. The Balaban J connectivity index is 3.43. The first kappa shape index (κ1) is 7.02. The summed E-state index contributed by atoms with van der Waals surface area (Å²) in [4.78, 5) is 13.6. The second-order valence-corrected chi connectivity index (χ2v) is 3.06. The molecule has 0 amide bonds. The summed E-state index contributed by atoms with van der Waals surface area (Å²) in [6, 6.07) is 1.45. The maximum atomic E-state index is 10.7. The predicted octanol–water partition coefficient (Wildman–Crippen LogP) is 1.90. The lowest BCUT2D eigenvalue weighted by molar-refractivity contribution is 1.23. The summed E-state index contributed by atoms with van der Waals surface area (Å²) in [6.07, 6.45) is 1.58. The van der Waals surface area contributed by atoms with E-state index < -0.39 is 0 Å². The van der Waals surface area contributed by atoms with Crippen molar-refractivity contribution in [3.63, 3.8) is 0 Å². The standard InChI is InChI=1S/C5H3Br2NO/c6-4-3(9)1-2-8-5(4)7/h1-2H,(H,8,9). The van der Waals surface area contributed by atoms with E-state index in [0.29, 0.717) is 9.08 Å². The van der Waals surface area contributed by atoms with Gasteiger partial charge in [-0.3, -0.25) is 4.79 Å². The van der Waals surface area contributed by atoms with Gasteiger partial charge in [0.1, 0.15) is 4.60 Å². The van der Waals surface area contributed by atoms with Crippen LogP contribution in [0.25, 0.3) is 0 Å². The molecule has 4 heteroatoms. The molecule has 0 saturated heterocycles. The number of hydrogen-bond acceptors (Lipinski definition) is 1. The Labute approximate surface area is 68.5 Å².